The van der Waals surface area contributed by atoms with E-state index in [1.807, 2.05) is 0 Å². The summed E-state index contributed by atoms with van der Waals surface area (Å²) in [6.07, 6.45) is -5.74. The van der Waals surface area contributed by atoms with E-state index in [1.165, 1.54) is 6.92 Å². The number of rotatable bonds is 3. The molecule has 0 aliphatic carbocycles. The van der Waals surface area contributed by atoms with Gasteiger partial charge in [-0.15, -0.1) is 4.52 Å². The average molecular weight is 175 g/mol. The van der Waals surface area contributed by atoms with Crippen LogP contribution < -0.4 is 0 Å². The van der Waals surface area contributed by atoms with Crippen molar-refractivity contribution in [2.45, 2.75) is 13.1 Å². The zero-order chi connectivity index (χ0) is 8.20. The molecule has 1 unspecified atom stereocenters. The second kappa shape index (κ2) is 3.88. The molecule has 0 amide bonds. The maximum absolute atomic E-state index is 11.4. The summed E-state index contributed by atoms with van der Waals surface area (Å²) in [5.74, 6) is 0. The molecular formula is C4H7F3O2P+. The van der Waals surface area contributed by atoms with Crippen molar-refractivity contribution in [3.05, 3.63) is 0 Å². The molecule has 0 saturated heterocycles. The lowest BCUT2D eigenvalue weighted by Gasteiger charge is -1.94. The molecule has 0 aromatic heterocycles. The second-order valence-corrected chi connectivity index (χ2v) is 2.76. The minimum absolute atomic E-state index is 0.0469. The lowest BCUT2D eigenvalue weighted by atomic mass is 10.8. The van der Waals surface area contributed by atoms with Crippen LogP contribution in [-0.2, 0) is 9.09 Å². The zero-order valence-corrected chi connectivity index (χ0v) is 6.21. The van der Waals surface area contributed by atoms with E-state index in [0.29, 0.717) is 0 Å². The molecule has 10 heavy (non-hydrogen) atoms. The van der Waals surface area contributed by atoms with Gasteiger partial charge < -0.3 is 0 Å². The van der Waals surface area contributed by atoms with Gasteiger partial charge in [-0.2, -0.15) is 13.2 Å². The average Bonchev–Trinajstić information content (AvgIpc) is 1.59. The van der Waals surface area contributed by atoms with Gasteiger partial charge in [-0.25, -0.2) is 0 Å². The Kier molecular flexibility index (Phi) is 3.83. The van der Waals surface area contributed by atoms with Gasteiger partial charge in [-0.05, 0) is 11.5 Å². The first-order valence-corrected chi connectivity index (χ1v) is 3.96. The third kappa shape index (κ3) is 5.98. The Hall–Kier alpha value is -0.150. The summed E-state index contributed by atoms with van der Waals surface area (Å²) < 4.78 is 48.6. The van der Waals surface area contributed by atoms with E-state index in [4.69, 9.17) is 0 Å². The second-order valence-electron chi connectivity index (χ2n) is 1.52. The molecule has 0 heterocycles. The molecule has 0 radical (unpaired) electrons. The van der Waals surface area contributed by atoms with E-state index in [9.17, 15) is 17.7 Å². The summed E-state index contributed by atoms with van der Waals surface area (Å²) in [6, 6.07) is 0. The fourth-order valence-electron chi connectivity index (χ4n) is 0.336. The Labute approximate surface area is 57.2 Å². The molecule has 6 heteroatoms. The molecule has 0 aliphatic heterocycles. The van der Waals surface area contributed by atoms with Gasteiger partial charge in [0.15, 0.2) is 0 Å². The highest BCUT2D eigenvalue weighted by Gasteiger charge is 2.40. The first kappa shape index (κ1) is 9.85. The van der Waals surface area contributed by atoms with E-state index in [0.717, 1.165) is 0 Å². The van der Waals surface area contributed by atoms with Gasteiger partial charge in [0.25, 0.3) is 6.16 Å². The van der Waals surface area contributed by atoms with Gasteiger partial charge >= 0.3 is 14.2 Å². The van der Waals surface area contributed by atoms with Crippen LogP contribution in [0.15, 0.2) is 0 Å². The molecular weight excluding hydrogens is 168 g/mol. The Morgan fingerprint density at radius 1 is 1.50 bits per heavy atom. The van der Waals surface area contributed by atoms with Crippen LogP contribution >= 0.6 is 8.03 Å². The van der Waals surface area contributed by atoms with Crippen LogP contribution in [0.3, 0.4) is 0 Å². The molecule has 1 atom stereocenters. The monoisotopic (exact) mass is 175 g/mol. The third-order valence-corrected chi connectivity index (χ3v) is 1.74. The summed E-state index contributed by atoms with van der Waals surface area (Å²) >= 11 is 0. The topological polar surface area (TPSA) is 26.3 Å². The molecule has 0 aromatic carbocycles. The van der Waals surface area contributed by atoms with Crippen molar-refractivity contribution in [3.63, 3.8) is 0 Å². The maximum atomic E-state index is 11.4. The first-order valence-electron chi connectivity index (χ1n) is 2.60. The normalized spacial score (nSPS) is 13.4. The molecule has 0 aliphatic rings. The lowest BCUT2D eigenvalue weighted by molar-refractivity contribution is -0.107. The molecule has 0 spiro atoms. The predicted molar refractivity (Wildman–Crippen MR) is 30.2 cm³/mol. The van der Waals surface area contributed by atoms with E-state index in [-0.39, 0.29) is 6.61 Å². The number of halogens is 3. The molecule has 0 bridgehead atoms. The third-order valence-electron chi connectivity index (χ3n) is 0.581. The summed E-state index contributed by atoms with van der Waals surface area (Å²) in [4.78, 5) is 0. The summed E-state index contributed by atoms with van der Waals surface area (Å²) in [5.41, 5.74) is 0. The fraction of sp³-hybridized carbons (Fsp3) is 1.00. The molecule has 2 nitrogen and oxygen atoms in total. The standard InChI is InChI=1S/C4H7F3O2P/c1-2-9-10(8)3-4(5,6)7/h2-3H2,1H3/q+1. The van der Waals surface area contributed by atoms with Crippen LogP contribution in [0.4, 0.5) is 13.2 Å². The molecule has 0 saturated carbocycles. The maximum Gasteiger partial charge on any atom is 0.517 e. The van der Waals surface area contributed by atoms with Crippen molar-refractivity contribution in [2.24, 2.45) is 0 Å². The summed E-state index contributed by atoms with van der Waals surface area (Å²) in [7, 11) is -2.54. The first-order chi connectivity index (χ1) is 4.45. The molecule has 60 valence electrons. The highest BCUT2D eigenvalue weighted by molar-refractivity contribution is 7.39. The van der Waals surface area contributed by atoms with Crippen molar-refractivity contribution in [2.75, 3.05) is 12.8 Å². The Morgan fingerprint density at radius 2 is 2.00 bits per heavy atom. The SMILES string of the molecule is CCO[P+](=O)CC(F)(F)F. The van der Waals surface area contributed by atoms with Gasteiger partial charge in [0, 0.05) is 0 Å². The van der Waals surface area contributed by atoms with Gasteiger partial charge in [-0.1, -0.05) is 0 Å². The van der Waals surface area contributed by atoms with Crippen molar-refractivity contribution in [3.8, 4) is 0 Å². The fourth-order valence-corrected chi connectivity index (χ4v) is 1.01. The van der Waals surface area contributed by atoms with Crippen molar-refractivity contribution in [1.29, 1.82) is 0 Å². The van der Waals surface area contributed by atoms with Crippen molar-refractivity contribution in [1.82, 2.24) is 0 Å². The summed E-state index contributed by atoms with van der Waals surface area (Å²) in [5, 5.41) is 0. The molecule has 0 N–H and O–H groups in total. The van der Waals surface area contributed by atoms with Crippen LogP contribution in [0.25, 0.3) is 0 Å². The van der Waals surface area contributed by atoms with Crippen LogP contribution in [0, 0.1) is 0 Å². The largest absolute Gasteiger partial charge is 0.517 e. The predicted octanol–water partition coefficient (Wildman–Crippen LogP) is 2.33. The summed E-state index contributed by atoms with van der Waals surface area (Å²) in [6.45, 7) is 1.54. The minimum atomic E-state index is -4.39. The Morgan fingerprint density at radius 3 is 2.30 bits per heavy atom. The van der Waals surface area contributed by atoms with Crippen molar-refractivity contribution >= 4 is 8.03 Å². The van der Waals surface area contributed by atoms with Crippen LogP contribution in [-0.4, -0.2) is 18.9 Å². The van der Waals surface area contributed by atoms with E-state index >= 15 is 0 Å². The minimum Gasteiger partial charge on any atom is -0.166 e. The number of hydrogen-bond acceptors (Lipinski definition) is 2. The van der Waals surface area contributed by atoms with Crippen LogP contribution in [0.2, 0.25) is 0 Å². The van der Waals surface area contributed by atoms with Gasteiger partial charge in [0.1, 0.15) is 0 Å². The van der Waals surface area contributed by atoms with Gasteiger partial charge in [0.2, 0.25) is 0 Å². The number of alkyl halides is 3. The zero-order valence-electron chi connectivity index (χ0n) is 5.31. The van der Waals surface area contributed by atoms with Crippen molar-refractivity contribution < 1.29 is 22.3 Å². The quantitative estimate of drug-likeness (QED) is 0.615. The van der Waals surface area contributed by atoms with Gasteiger partial charge in [0.05, 0.1) is 6.61 Å². The van der Waals surface area contributed by atoms with E-state index < -0.39 is 20.4 Å². The molecule has 0 fully saturated rings. The number of hydrogen-bond donors (Lipinski definition) is 0. The van der Waals surface area contributed by atoms with Gasteiger partial charge in [-0.3, -0.25) is 0 Å². The van der Waals surface area contributed by atoms with E-state index in [2.05, 4.69) is 4.52 Å². The Bertz CT molecular complexity index is 122. The van der Waals surface area contributed by atoms with Crippen LogP contribution in [0.1, 0.15) is 6.92 Å². The van der Waals surface area contributed by atoms with Crippen LogP contribution in [0.5, 0.6) is 0 Å². The smallest absolute Gasteiger partial charge is 0.166 e. The highest BCUT2D eigenvalue weighted by Crippen LogP contribution is 2.31. The lowest BCUT2D eigenvalue weighted by Crippen LogP contribution is -2.11. The molecule has 0 aromatic rings. The van der Waals surface area contributed by atoms with E-state index in [1.54, 1.807) is 0 Å². The Balaban J connectivity index is 3.58. The highest BCUT2D eigenvalue weighted by atomic mass is 31.1. The molecule has 0 rings (SSSR count).